The molecule has 2 aromatic rings. The number of thioether (sulfide) groups is 2. The van der Waals surface area contributed by atoms with E-state index in [-0.39, 0.29) is 11.0 Å². The van der Waals surface area contributed by atoms with Crippen LogP contribution in [0, 0.1) is 0 Å². The molecule has 114 valence electrons. The minimum atomic E-state index is -0.326. The zero-order chi connectivity index (χ0) is 16.2. The molecular weight excluding hydrogens is 350 g/mol. The van der Waals surface area contributed by atoms with Crippen LogP contribution in [0.25, 0.3) is 6.08 Å². The summed E-state index contributed by atoms with van der Waals surface area (Å²) in [5.41, 5.74) is 1.33. The van der Waals surface area contributed by atoms with Crippen molar-refractivity contribution in [1.29, 1.82) is 0 Å². The lowest BCUT2D eigenvalue weighted by Crippen LogP contribution is -1.97. The molecule has 23 heavy (non-hydrogen) atoms. The van der Waals surface area contributed by atoms with Crippen molar-refractivity contribution in [2.75, 3.05) is 0 Å². The van der Waals surface area contributed by atoms with Crippen LogP contribution >= 0.6 is 35.1 Å². The van der Waals surface area contributed by atoms with Crippen molar-refractivity contribution in [2.45, 2.75) is 0 Å². The van der Waals surface area contributed by atoms with Crippen LogP contribution in [-0.2, 0) is 4.79 Å². The minimum absolute atomic E-state index is 0.226. The van der Waals surface area contributed by atoms with Crippen LogP contribution in [0.1, 0.15) is 15.9 Å². The molecule has 0 spiro atoms. The number of hydrogen-bond donors (Lipinski definition) is 0. The van der Waals surface area contributed by atoms with Gasteiger partial charge in [0.15, 0.2) is 0 Å². The van der Waals surface area contributed by atoms with Crippen molar-refractivity contribution in [3.8, 4) is 0 Å². The maximum absolute atomic E-state index is 12.2. The molecule has 0 aliphatic carbocycles. The summed E-state index contributed by atoms with van der Waals surface area (Å²) < 4.78 is 0.419. The van der Waals surface area contributed by atoms with Crippen LogP contribution in [0.15, 0.2) is 64.5 Å². The van der Waals surface area contributed by atoms with E-state index in [4.69, 9.17) is 11.6 Å². The minimum Gasteiger partial charge on any atom is -0.281 e. The fraction of sp³-hybridized carbons (Fsp3) is 0. The standard InChI is InChI=1S/C17H10ClNO2S2/c18-13-9-5-4-8-12(13)16(21)23-17-19-15(20)14(22-17)10-11-6-2-1-3-7-11/h1-10H/b14-10-. The summed E-state index contributed by atoms with van der Waals surface area (Å²) in [5.74, 6) is -0.326. The van der Waals surface area contributed by atoms with E-state index in [1.165, 1.54) is 11.8 Å². The Balaban J connectivity index is 1.73. The fourth-order valence-electron chi connectivity index (χ4n) is 1.90. The fourth-order valence-corrected chi connectivity index (χ4v) is 4.06. The normalized spacial score (nSPS) is 15.8. The molecule has 0 bridgehead atoms. The number of hydrogen-bond acceptors (Lipinski definition) is 4. The molecule has 0 N–H and O–H groups in total. The third-order valence-electron chi connectivity index (χ3n) is 2.97. The Kier molecular flexibility index (Phi) is 5.00. The summed E-state index contributed by atoms with van der Waals surface area (Å²) in [6.07, 6.45) is 1.77. The molecular formula is C17H10ClNO2S2. The maximum Gasteiger partial charge on any atom is 0.285 e. The molecule has 3 rings (SSSR count). The molecule has 0 aromatic heterocycles. The van der Waals surface area contributed by atoms with E-state index < -0.39 is 0 Å². The highest BCUT2D eigenvalue weighted by Gasteiger charge is 2.25. The van der Waals surface area contributed by atoms with E-state index in [0.29, 0.717) is 19.9 Å². The summed E-state index contributed by atoms with van der Waals surface area (Å²) >= 11 is 8.13. The van der Waals surface area contributed by atoms with Crippen molar-refractivity contribution >= 4 is 56.6 Å². The molecule has 1 amide bonds. The van der Waals surface area contributed by atoms with E-state index in [1.807, 2.05) is 30.3 Å². The van der Waals surface area contributed by atoms with Gasteiger partial charge in [-0.25, -0.2) is 0 Å². The highest BCUT2D eigenvalue weighted by molar-refractivity contribution is 8.46. The predicted molar refractivity (Wildman–Crippen MR) is 97.8 cm³/mol. The zero-order valence-corrected chi connectivity index (χ0v) is 14.1. The van der Waals surface area contributed by atoms with Gasteiger partial charge in [-0.05, 0) is 35.5 Å². The lowest BCUT2D eigenvalue weighted by molar-refractivity contribution is -0.113. The zero-order valence-electron chi connectivity index (χ0n) is 11.7. The van der Waals surface area contributed by atoms with Crippen LogP contribution in [0.5, 0.6) is 0 Å². The molecule has 0 saturated carbocycles. The predicted octanol–water partition coefficient (Wildman–Crippen LogP) is 4.88. The van der Waals surface area contributed by atoms with Gasteiger partial charge in [-0.15, -0.1) is 0 Å². The summed E-state index contributed by atoms with van der Waals surface area (Å²) in [6, 6.07) is 16.3. The largest absolute Gasteiger partial charge is 0.285 e. The van der Waals surface area contributed by atoms with Crippen molar-refractivity contribution in [2.24, 2.45) is 4.99 Å². The third-order valence-corrected chi connectivity index (χ3v) is 5.25. The first kappa shape index (κ1) is 16.1. The first-order valence-corrected chi connectivity index (χ1v) is 8.69. The number of aliphatic imine (C=N–C) groups is 1. The number of nitrogens with zero attached hydrogens (tertiary/aromatic N) is 1. The van der Waals surface area contributed by atoms with Gasteiger partial charge >= 0.3 is 0 Å². The van der Waals surface area contributed by atoms with Crippen LogP contribution in [0.3, 0.4) is 0 Å². The van der Waals surface area contributed by atoms with Gasteiger partial charge in [-0.3, -0.25) is 9.59 Å². The summed E-state index contributed by atoms with van der Waals surface area (Å²) in [5, 5.41) is 0.163. The quantitative estimate of drug-likeness (QED) is 0.716. The maximum atomic E-state index is 12.2. The van der Waals surface area contributed by atoms with E-state index in [0.717, 1.165) is 17.3 Å². The average molecular weight is 360 g/mol. The molecule has 6 heteroatoms. The first-order chi connectivity index (χ1) is 11.1. The van der Waals surface area contributed by atoms with E-state index in [1.54, 1.807) is 30.3 Å². The second-order valence-corrected chi connectivity index (χ2v) is 7.23. The Labute approximate surface area is 146 Å². The van der Waals surface area contributed by atoms with Crippen LogP contribution < -0.4 is 0 Å². The van der Waals surface area contributed by atoms with Crippen molar-refractivity contribution in [3.05, 3.63) is 75.7 Å². The molecule has 2 aromatic carbocycles. The summed E-state index contributed by atoms with van der Waals surface area (Å²) in [4.78, 5) is 28.6. The van der Waals surface area contributed by atoms with Crippen molar-refractivity contribution in [1.82, 2.24) is 0 Å². The van der Waals surface area contributed by atoms with Gasteiger partial charge in [0.25, 0.3) is 5.91 Å². The number of benzene rings is 2. The van der Waals surface area contributed by atoms with Gasteiger partial charge in [0, 0.05) is 5.56 Å². The van der Waals surface area contributed by atoms with E-state index in [2.05, 4.69) is 4.99 Å². The Morgan fingerprint density at radius 1 is 1.09 bits per heavy atom. The Morgan fingerprint density at radius 3 is 2.52 bits per heavy atom. The van der Waals surface area contributed by atoms with Gasteiger partial charge in [0.2, 0.25) is 5.12 Å². The summed E-state index contributed by atoms with van der Waals surface area (Å²) in [6.45, 7) is 0. The highest BCUT2D eigenvalue weighted by atomic mass is 35.5. The van der Waals surface area contributed by atoms with Crippen molar-refractivity contribution < 1.29 is 9.59 Å². The number of amides is 1. The number of rotatable bonds is 2. The molecule has 0 unspecified atom stereocenters. The smallest absolute Gasteiger partial charge is 0.281 e. The number of halogens is 1. The van der Waals surface area contributed by atoms with E-state index in [9.17, 15) is 9.59 Å². The van der Waals surface area contributed by atoms with Crippen LogP contribution in [0.2, 0.25) is 5.02 Å². The molecule has 1 aliphatic rings. The van der Waals surface area contributed by atoms with E-state index >= 15 is 0 Å². The number of carbonyl (C=O) groups excluding carboxylic acids is 2. The monoisotopic (exact) mass is 359 g/mol. The van der Waals surface area contributed by atoms with Gasteiger partial charge in [-0.2, -0.15) is 4.99 Å². The lowest BCUT2D eigenvalue weighted by Gasteiger charge is -2.01. The molecule has 3 nitrogen and oxygen atoms in total. The van der Waals surface area contributed by atoms with Crippen LogP contribution in [0.4, 0.5) is 0 Å². The molecule has 1 aliphatic heterocycles. The summed E-state index contributed by atoms with van der Waals surface area (Å²) in [7, 11) is 0. The van der Waals surface area contributed by atoms with Gasteiger partial charge in [0.1, 0.15) is 4.38 Å². The molecule has 0 atom stereocenters. The topological polar surface area (TPSA) is 46.5 Å². The Hall–Kier alpha value is -1.82. The second-order valence-electron chi connectivity index (χ2n) is 4.57. The van der Waals surface area contributed by atoms with Gasteiger partial charge in [0.05, 0.1) is 9.93 Å². The molecule has 0 saturated heterocycles. The highest BCUT2D eigenvalue weighted by Crippen LogP contribution is 2.35. The average Bonchev–Trinajstić information content (AvgIpc) is 2.88. The van der Waals surface area contributed by atoms with Crippen LogP contribution in [-0.4, -0.2) is 15.4 Å². The Morgan fingerprint density at radius 2 is 1.78 bits per heavy atom. The van der Waals surface area contributed by atoms with Gasteiger partial charge < -0.3 is 0 Å². The lowest BCUT2D eigenvalue weighted by atomic mass is 10.2. The SMILES string of the molecule is O=C1N=C(SC(=O)c2ccccc2Cl)S/C1=C\c1ccccc1. The number of carbonyl (C=O) groups is 2. The van der Waals surface area contributed by atoms with Gasteiger partial charge in [-0.1, -0.05) is 65.8 Å². The Bertz CT molecular complexity index is 831. The first-order valence-electron chi connectivity index (χ1n) is 6.68. The molecule has 0 radical (unpaired) electrons. The van der Waals surface area contributed by atoms with Crippen molar-refractivity contribution in [3.63, 3.8) is 0 Å². The molecule has 1 heterocycles. The second kappa shape index (κ2) is 7.17. The molecule has 0 fully saturated rings. The third kappa shape index (κ3) is 3.93.